The molecule has 0 saturated carbocycles. The summed E-state index contributed by atoms with van der Waals surface area (Å²) in [6.45, 7) is 1.93. The van der Waals surface area contributed by atoms with Gasteiger partial charge in [-0.2, -0.15) is 8.42 Å². The molecule has 2 aromatic rings. The van der Waals surface area contributed by atoms with Crippen LogP contribution in [0.2, 0.25) is 0 Å². The van der Waals surface area contributed by atoms with Gasteiger partial charge in [-0.05, 0) is 30.3 Å². The van der Waals surface area contributed by atoms with Crippen molar-refractivity contribution < 1.29 is 43.6 Å². The van der Waals surface area contributed by atoms with Crippen molar-refractivity contribution in [2.75, 3.05) is 6.61 Å². The van der Waals surface area contributed by atoms with E-state index in [1.54, 1.807) is 0 Å². The van der Waals surface area contributed by atoms with Crippen molar-refractivity contribution in [3.05, 3.63) is 24.3 Å². The number of rotatable bonds is 5. The maximum absolute atomic E-state index is 11.5. The third kappa shape index (κ3) is 5.85. The van der Waals surface area contributed by atoms with Crippen LogP contribution in [0.5, 0.6) is 0 Å². The van der Waals surface area contributed by atoms with Crippen molar-refractivity contribution in [2.24, 2.45) is 0 Å². The molecule has 0 radical (unpaired) electrons. The van der Waals surface area contributed by atoms with Gasteiger partial charge in [0.1, 0.15) is 0 Å². The van der Waals surface area contributed by atoms with E-state index >= 15 is 0 Å². The van der Waals surface area contributed by atoms with E-state index in [1.807, 2.05) is 31.2 Å². The Bertz CT molecular complexity index is 690. The second kappa shape index (κ2) is 8.47. The molecule has 0 fully saturated rings. The fourth-order valence-corrected chi connectivity index (χ4v) is 3.56. The first kappa shape index (κ1) is 18.9. The number of thiocarbonyl (C=S) groups is 1. The molecule has 6 nitrogen and oxygen atoms in total. The summed E-state index contributed by atoms with van der Waals surface area (Å²) in [7, 11) is -3.85. The summed E-state index contributed by atoms with van der Waals surface area (Å²) in [4.78, 5) is 7.33. The van der Waals surface area contributed by atoms with Gasteiger partial charge in [-0.3, -0.25) is 4.18 Å². The van der Waals surface area contributed by atoms with Gasteiger partial charge >= 0.3 is 39.9 Å². The monoisotopic (exact) mass is 355 g/mol. The summed E-state index contributed by atoms with van der Waals surface area (Å²) in [5, 5.41) is 0.523. The Hall–Kier alpha value is -0.160. The molecule has 0 aliphatic heterocycles. The average molecular weight is 355 g/mol. The molecule has 1 heterocycles. The number of nitrogens with one attached hydrogen (secondary N) is 2. The van der Waals surface area contributed by atoms with Crippen molar-refractivity contribution >= 4 is 49.6 Å². The van der Waals surface area contributed by atoms with Gasteiger partial charge in [0.05, 0.1) is 17.6 Å². The van der Waals surface area contributed by atoms with Crippen LogP contribution in [0.25, 0.3) is 11.0 Å². The molecule has 0 aliphatic rings. The van der Waals surface area contributed by atoms with Gasteiger partial charge in [0.25, 0.3) is 0 Å². The fraction of sp³-hybridized carbons (Fsp3) is 0.273. The number of aromatic amines is 1. The summed E-state index contributed by atoms with van der Waals surface area (Å²) in [5.41, 5.74) is 1.66. The molecule has 0 aliphatic carbocycles. The van der Waals surface area contributed by atoms with E-state index in [1.165, 1.54) is 0 Å². The van der Waals surface area contributed by atoms with Crippen LogP contribution in [0.3, 0.4) is 0 Å². The van der Waals surface area contributed by atoms with E-state index in [0.717, 1.165) is 22.8 Å². The van der Waals surface area contributed by atoms with Gasteiger partial charge in [-0.15, -0.1) is 0 Å². The Labute approximate surface area is 156 Å². The summed E-state index contributed by atoms with van der Waals surface area (Å²) in [6.07, 6.45) is 0.602. The minimum absolute atomic E-state index is 0. The molecule has 0 spiro atoms. The molecule has 2 rings (SSSR count). The summed E-state index contributed by atoms with van der Waals surface area (Å²) < 4.78 is 29.9. The topological polar surface area (TPSA) is 84.1 Å². The van der Waals surface area contributed by atoms with E-state index in [-0.39, 0.29) is 41.9 Å². The number of fused-ring (bicyclic) bond motifs is 1. The molecule has 21 heavy (non-hydrogen) atoms. The van der Waals surface area contributed by atoms with E-state index < -0.39 is 10.3 Å². The van der Waals surface area contributed by atoms with Gasteiger partial charge < -0.3 is 6.41 Å². The molecule has 1 aromatic carbocycles. The van der Waals surface area contributed by atoms with Crippen LogP contribution in [0.1, 0.15) is 14.8 Å². The fourth-order valence-electron chi connectivity index (χ4n) is 1.41. The quantitative estimate of drug-likeness (QED) is 0.420. The first-order valence-electron chi connectivity index (χ1n) is 5.84. The van der Waals surface area contributed by atoms with Crippen molar-refractivity contribution in [1.29, 1.82) is 0 Å². The van der Waals surface area contributed by atoms with Gasteiger partial charge in [-0.25, -0.2) is 9.71 Å². The number of benzene rings is 1. The molecule has 2 N–H and O–H groups in total. The van der Waals surface area contributed by atoms with Crippen LogP contribution >= 0.6 is 24.0 Å². The molecule has 0 unspecified atom stereocenters. The van der Waals surface area contributed by atoms with E-state index in [0.29, 0.717) is 11.6 Å². The zero-order chi connectivity index (χ0) is 14.6. The van der Waals surface area contributed by atoms with Crippen LogP contribution < -0.4 is 34.3 Å². The normalized spacial score (nSPS) is 11.1. The summed E-state index contributed by atoms with van der Waals surface area (Å²) in [6, 6.07) is 7.49. The van der Waals surface area contributed by atoms with E-state index in [4.69, 9.17) is 12.2 Å². The van der Waals surface area contributed by atoms with Gasteiger partial charge in [-0.1, -0.05) is 31.3 Å². The van der Waals surface area contributed by atoms with Crippen LogP contribution in [0.15, 0.2) is 29.4 Å². The van der Waals surface area contributed by atoms with Gasteiger partial charge in [0.15, 0.2) is 9.48 Å². The molecule has 10 heteroatoms. The largest absolute Gasteiger partial charge is 1.00 e. The van der Waals surface area contributed by atoms with E-state index in [9.17, 15) is 8.42 Å². The second-order valence-electron chi connectivity index (χ2n) is 3.83. The molecule has 1 aromatic heterocycles. The number of nitrogens with zero attached hydrogens (tertiary/aromatic N) is 1. The number of hydrogen-bond acceptors (Lipinski definition) is 6. The minimum Gasteiger partial charge on any atom is -1.00 e. The third-order valence-corrected chi connectivity index (χ3v) is 4.42. The molecule has 0 bridgehead atoms. The number of para-hydroxylation sites is 2. The first-order chi connectivity index (χ1) is 9.50. The average Bonchev–Trinajstić information content (AvgIpc) is 2.77. The maximum Gasteiger partial charge on any atom is 1.00 e. The van der Waals surface area contributed by atoms with Crippen molar-refractivity contribution in [3.63, 3.8) is 0 Å². The SMILES string of the molecule is CCCOS(=O)(=O)NC(=S)Sc1nc2ccccc2[nH]1.[H-].[Na+]. The standard InChI is InChI=1S/C11H13N3O3S3.Na.H/c1-2-7-17-20(15,16)14-11(18)19-10-12-8-5-3-4-6-9(8)13-10;;/h3-6H,2,7H2,1H3,(H,12,13)(H,14,18);;/q;+1;-1. The Morgan fingerprint density at radius 3 is 2.90 bits per heavy atom. The molecule has 0 amide bonds. The van der Waals surface area contributed by atoms with Crippen LogP contribution in [-0.2, 0) is 14.5 Å². The zero-order valence-corrected chi connectivity index (χ0v) is 16.1. The van der Waals surface area contributed by atoms with Crippen LogP contribution in [-0.4, -0.2) is 29.3 Å². The molecular weight excluding hydrogens is 341 g/mol. The Morgan fingerprint density at radius 2 is 2.24 bits per heavy atom. The predicted molar refractivity (Wildman–Crippen MR) is 84.0 cm³/mol. The van der Waals surface area contributed by atoms with Crippen molar-refractivity contribution in [1.82, 2.24) is 14.7 Å². The Balaban J connectivity index is 0.00000220. The smallest absolute Gasteiger partial charge is 1.00 e. The first-order valence-corrected chi connectivity index (χ1v) is 8.47. The molecule has 0 atom stereocenters. The van der Waals surface area contributed by atoms with Gasteiger partial charge in [0.2, 0.25) is 0 Å². The van der Waals surface area contributed by atoms with Crippen LogP contribution in [0.4, 0.5) is 0 Å². The van der Waals surface area contributed by atoms with Crippen LogP contribution in [0, 0.1) is 0 Å². The second-order valence-corrected chi connectivity index (χ2v) is 6.84. The number of imidazole rings is 1. The zero-order valence-electron chi connectivity index (χ0n) is 12.6. The number of H-pyrrole nitrogens is 1. The molecule has 0 saturated heterocycles. The number of hydrogen-bond donors (Lipinski definition) is 2. The van der Waals surface area contributed by atoms with E-state index in [2.05, 4.69) is 18.9 Å². The number of thioether (sulfide) groups is 1. The minimum atomic E-state index is -3.85. The predicted octanol–water partition coefficient (Wildman–Crippen LogP) is -0.683. The Kier molecular flexibility index (Phi) is 7.62. The third-order valence-electron chi connectivity index (χ3n) is 2.21. The number of aromatic nitrogens is 2. The molecular formula is C11H14N3NaO3S3. The maximum atomic E-state index is 11.5. The van der Waals surface area contributed by atoms with Crippen molar-refractivity contribution in [2.45, 2.75) is 18.5 Å². The Morgan fingerprint density at radius 1 is 1.52 bits per heavy atom. The van der Waals surface area contributed by atoms with Crippen molar-refractivity contribution in [3.8, 4) is 0 Å². The summed E-state index contributed by atoms with van der Waals surface area (Å²) in [5.74, 6) is 0. The van der Waals surface area contributed by atoms with Gasteiger partial charge in [0, 0.05) is 0 Å². The molecule has 110 valence electrons. The summed E-state index contributed by atoms with van der Waals surface area (Å²) >= 11 is 6.00.